The fourth-order valence-electron chi connectivity index (χ4n) is 1.91. The van der Waals surface area contributed by atoms with Crippen molar-refractivity contribution in [2.45, 2.75) is 12.5 Å². The average Bonchev–Trinajstić information content (AvgIpc) is 2.87. The first-order chi connectivity index (χ1) is 9.19. The third-order valence-electron chi connectivity index (χ3n) is 2.84. The van der Waals surface area contributed by atoms with Crippen LogP contribution >= 0.6 is 0 Å². The number of para-hydroxylation sites is 1. The third-order valence-corrected chi connectivity index (χ3v) is 2.84. The molecule has 1 aliphatic carbocycles. The van der Waals surface area contributed by atoms with E-state index in [2.05, 4.69) is 10.1 Å². The summed E-state index contributed by atoms with van der Waals surface area (Å²) < 4.78 is 9.75. The lowest BCUT2D eigenvalue weighted by atomic mass is 10.1. The molecule has 0 bridgehead atoms. The Labute approximate surface area is 111 Å². The van der Waals surface area contributed by atoms with E-state index in [4.69, 9.17) is 4.74 Å². The van der Waals surface area contributed by atoms with Crippen molar-refractivity contribution in [2.75, 3.05) is 7.11 Å². The summed E-state index contributed by atoms with van der Waals surface area (Å²) >= 11 is 0. The van der Waals surface area contributed by atoms with Crippen LogP contribution < -0.4 is 10.1 Å². The van der Waals surface area contributed by atoms with Crippen molar-refractivity contribution in [2.24, 2.45) is 5.92 Å². The minimum absolute atomic E-state index is 0.208. The second-order valence-corrected chi connectivity index (χ2v) is 4.20. The number of carbonyl (C=O) groups is 2. The lowest BCUT2D eigenvalue weighted by Gasteiger charge is -2.12. The molecule has 1 amide bonds. The lowest BCUT2D eigenvalue weighted by molar-refractivity contribution is -0.143. The van der Waals surface area contributed by atoms with Crippen LogP contribution in [0.1, 0.15) is 6.42 Å². The number of benzene rings is 1. The normalized spacial score (nSPS) is 20.9. The van der Waals surface area contributed by atoms with Crippen LogP contribution in [0.5, 0.6) is 5.75 Å². The van der Waals surface area contributed by atoms with Gasteiger partial charge in [0.05, 0.1) is 19.1 Å². The Balaban J connectivity index is 1.82. The highest BCUT2D eigenvalue weighted by Crippen LogP contribution is 2.19. The molecule has 0 heterocycles. The van der Waals surface area contributed by atoms with Gasteiger partial charge in [0.25, 0.3) is 0 Å². The molecule has 0 fully saturated rings. The number of ether oxygens (including phenoxy) is 2. The van der Waals surface area contributed by atoms with Gasteiger partial charge in [-0.05, 0) is 18.6 Å². The second-order valence-electron chi connectivity index (χ2n) is 4.20. The summed E-state index contributed by atoms with van der Waals surface area (Å²) in [7, 11) is 1.35. The van der Waals surface area contributed by atoms with Gasteiger partial charge in [0.15, 0.2) is 0 Å². The van der Waals surface area contributed by atoms with E-state index in [1.165, 1.54) is 7.11 Å². The molecular formula is C14H15NO4. The summed E-state index contributed by atoms with van der Waals surface area (Å²) in [6.07, 6.45) is 3.47. The standard InChI is InChI=1S/C14H15NO4/c1-18-13(16)10-7-8-11(9-10)15-14(17)19-12-5-3-2-4-6-12/h2-8,10-11H,9H2,1H3,(H,15,17). The number of esters is 1. The zero-order valence-electron chi connectivity index (χ0n) is 10.5. The van der Waals surface area contributed by atoms with Crippen LogP contribution in [0.15, 0.2) is 42.5 Å². The molecule has 1 aliphatic rings. The molecule has 0 radical (unpaired) electrons. The number of nitrogens with one attached hydrogen (secondary N) is 1. The van der Waals surface area contributed by atoms with Gasteiger partial charge < -0.3 is 14.8 Å². The molecule has 1 aromatic rings. The van der Waals surface area contributed by atoms with E-state index in [1.807, 2.05) is 6.07 Å². The monoisotopic (exact) mass is 261 g/mol. The quantitative estimate of drug-likeness (QED) is 0.666. The molecule has 0 saturated carbocycles. The molecule has 5 nitrogen and oxygen atoms in total. The van der Waals surface area contributed by atoms with Crippen molar-refractivity contribution < 1.29 is 19.1 Å². The van der Waals surface area contributed by atoms with Gasteiger partial charge in [-0.1, -0.05) is 30.4 Å². The van der Waals surface area contributed by atoms with Gasteiger partial charge in [-0.2, -0.15) is 0 Å². The maximum absolute atomic E-state index is 11.6. The Hall–Kier alpha value is -2.30. The fraction of sp³-hybridized carbons (Fsp3) is 0.286. The molecule has 0 aliphatic heterocycles. The maximum Gasteiger partial charge on any atom is 0.413 e. The third kappa shape index (κ3) is 3.58. The van der Waals surface area contributed by atoms with E-state index >= 15 is 0 Å². The van der Waals surface area contributed by atoms with Crippen molar-refractivity contribution in [3.8, 4) is 5.75 Å². The van der Waals surface area contributed by atoms with Gasteiger partial charge in [0.2, 0.25) is 0 Å². The number of hydrogen-bond acceptors (Lipinski definition) is 4. The van der Waals surface area contributed by atoms with Crippen LogP contribution in [0.25, 0.3) is 0 Å². The smallest absolute Gasteiger partial charge is 0.413 e. The summed E-state index contributed by atoms with van der Waals surface area (Å²) in [5.41, 5.74) is 0. The van der Waals surface area contributed by atoms with Crippen molar-refractivity contribution in [1.29, 1.82) is 0 Å². The molecule has 5 heteroatoms. The zero-order valence-corrected chi connectivity index (χ0v) is 10.5. The predicted molar refractivity (Wildman–Crippen MR) is 68.7 cm³/mol. The molecule has 100 valence electrons. The van der Waals surface area contributed by atoms with E-state index in [0.717, 1.165) is 0 Å². The number of carbonyl (C=O) groups excluding carboxylic acids is 2. The Morgan fingerprint density at radius 1 is 1.21 bits per heavy atom. The Morgan fingerprint density at radius 2 is 1.95 bits per heavy atom. The van der Waals surface area contributed by atoms with Gasteiger partial charge in [0.1, 0.15) is 5.75 Å². The van der Waals surface area contributed by atoms with E-state index in [-0.39, 0.29) is 17.9 Å². The average molecular weight is 261 g/mol. The second kappa shape index (κ2) is 6.04. The topological polar surface area (TPSA) is 64.6 Å². The van der Waals surface area contributed by atoms with Crippen molar-refractivity contribution in [3.05, 3.63) is 42.5 Å². The summed E-state index contributed by atoms with van der Waals surface area (Å²) in [4.78, 5) is 23.0. The number of amides is 1. The molecule has 0 spiro atoms. The van der Waals surface area contributed by atoms with Crippen molar-refractivity contribution >= 4 is 12.1 Å². The number of rotatable bonds is 3. The largest absolute Gasteiger partial charge is 0.469 e. The molecule has 0 aromatic heterocycles. The molecule has 2 atom stereocenters. The van der Waals surface area contributed by atoms with E-state index < -0.39 is 6.09 Å². The highest BCUT2D eigenvalue weighted by atomic mass is 16.6. The van der Waals surface area contributed by atoms with Gasteiger partial charge in [0, 0.05) is 0 Å². The first kappa shape index (κ1) is 13.1. The van der Waals surface area contributed by atoms with Gasteiger partial charge >= 0.3 is 12.1 Å². The van der Waals surface area contributed by atoms with E-state index in [1.54, 1.807) is 36.4 Å². The minimum atomic E-state index is -0.536. The van der Waals surface area contributed by atoms with E-state index in [9.17, 15) is 9.59 Å². The zero-order chi connectivity index (χ0) is 13.7. The minimum Gasteiger partial charge on any atom is -0.469 e. The van der Waals surface area contributed by atoms with Crippen molar-refractivity contribution in [3.63, 3.8) is 0 Å². The Kier molecular flexibility index (Phi) is 4.18. The van der Waals surface area contributed by atoms with Crippen LogP contribution in [-0.2, 0) is 9.53 Å². The molecule has 1 aromatic carbocycles. The Bertz CT molecular complexity index is 483. The van der Waals surface area contributed by atoms with Crippen LogP contribution in [0.4, 0.5) is 4.79 Å². The lowest BCUT2D eigenvalue weighted by Crippen LogP contribution is -2.35. The molecule has 1 N–H and O–H groups in total. The molecular weight excluding hydrogens is 246 g/mol. The summed E-state index contributed by atoms with van der Waals surface area (Å²) in [6, 6.07) is 8.59. The van der Waals surface area contributed by atoms with Gasteiger partial charge in [-0.3, -0.25) is 4.79 Å². The molecule has 0 saturated heterocycles. The van der Waals surface area contributed by atoms with Gasteiger partial charge in [-0.15, -0.1) is 0 Å². The van der Waals surface area contributed by atoms with Crippen molar-refractivity contribution in [1.82, 2.24) is 5.32 Å². The first-order valence-corrected chi connectivity index (χ1v) is 5.98. The fourth-order valence-corrected chi connectivity index (χ4v) is 1.91. The summed E-state index contributed by atoms with van der Waals surface area (Å²) in [5, 5.41) is 2.68. The molecule has 2 unspecified atom stereocenters. The van der Waals surface area contributed by atoms with Crippen LogP contribution in [0.3, 0.4) is 0 Å². The molecule has 19 heavy (non-hydrogen) atoms. The Morgan fingerprint density at radius 3 is 2.63 bits per heavy atom. The summed E-state index contributed by atoms with van der Waals surface area (Å²) in [5.74, 6) is -0.115. The van der Waals surface area contributed by atoms with E-state index in [0.29, 0.717) is 12.2 Å². The first-order valence-electron chi connectivity index (χ1n) is 5.98. The highest BCUT2D eigenvalue weighted by Gasteiger charge is 2.26. The maximum atomic E-state index is 11.6. The molecule has 2 rings (SSSR count). The summed E-state index contributed by atoms with van der Waals surface area (Å²) in [6.45, 7) is 0. The van der Waals surface area contributed by atoms with Crippen LogP contribution in [-0.4, -0.2) is 25.2 Å². The SMILES string of the molecule is COC(=O)C1C=CC(NC(=O)Oc2ccccc2)C1. The van der Waals surface area contributed by atoms with Gasteiger partial charge in [-0.25, -0.2) is 4.79 Å². The number of hydrogen-bond donors (Lipinski definition) is 1. The van der Waals surface area contributed by atoms with Crippen LogP contribution in [0.2, 0.25) is 0 Å². The highest BCUT2D eigenvalue weighted by molar-refractivity contribution is 5.76. The van der Waals surface area contributed by atoms with Crippen LogP contribution in [0, 0.1) is 5.92 Å². The predicted octanol–water partition coefficient (Wildman–Crippen LogP) is 1.89. The number of methoxy groups -OCH3 is 1.